The van der Waals surface area contributed by atoms with Gasteiger partial charge in [-0.05, 0) is 23.3 Å². The molecule has 1 N–H and O–H groups in total. The Morgan fingerprint density at radius 2 is 2.20 bits per heavy atom. The summed E-state index contributed by atoms with van der Waals surface area (Å²) in [6.07, 6.45) is 0.259. The first-order valence-corrected chi connectivity index (χ1v) is 4.87. The van der Waals surface area contributed by atoms with Crippen LogP contribution in [0.5, 0.6) is 0 Å². The predicted octanol–water partition coefficient (Wildman–Crippen LogP) is 0.724. The van der Waals surface area contributed by atoms with Gasteiger partial charge in [-0.1, -0.05) is 6.07 Å². The van der Waals surface area contributed by atoms with Gasteiger partial charge in [-0.25, -0.2) is 4.39 Å². The molecule has 0 aliphatic carbocycles. The van der Waals surface area contributed by atoms with Crippen molar-refractivity contribution in [3.05, 3.63) is 35.1 Å². The third-order valence-corrected chi connectivity index (χ3v) is 3.01. The molecule has 3 rings (SSSR count). The van der Waals surface area contributed by atoms with Gasteiger partial charge >= 0.3 is 0 Å². The molecule has 3 nitrogen and oxygen atoms in total. The highest BCUT2D eigenvalue weighted by Crippen LogP contribution is 2.35. The number of carbonyl (C=O) groups excluding carboxylic acids is 1. The number of halogens is 1. The summed E-state index contributed by atoms with van der Waals surface area (Å²) < 4.78 is 18.2. The summed E-state index contributed by atoms with van der Waals surface area (Å²) in [4.78, 5) is 11.5. The molecule has 1 amide bonds. The number of carbonyl (C=O) groups is 1. The average molecular weight is 207 g/mol. The molecule has 1 aromatic rings. The Kier molecular flexibility index (Phi) is 1.65. The van der Waals surface area contributed by atoms with Crippen molar-refractivity contribution in [2.24, 2.45) is 0 Å². The predicted molar refractivity (Wildman–Crippen MR) is 50.7 cm³/mol. The quantitative estimate of drug-likeness (QED) is 0.681. The highest BCUT2D eigenvalue weighted by Gasteiger charge is 2.45. The second-order valence-corrected chi connectivity index (χ2v) is 4.10. The fourth-order valence-corrected chi connectivity index (χ4v) is 2.26. The first-order valence-electron chi connectivity index (χ1n) is 4.87. The molecule has 2 aliphatic heterocycles. The van der Waals surface area contributed by atoms with Crippen molar-refractivity contribution in [3.8, 4) is 0 Å². The van der Waals surface area contributed by atoms with Gasteiger partial charge in [-0.2, -0.15) is 0 Å². The van der Waals surface area contributed by atoms with Crippen LogP contribution in [0.15, 0.2) is 18.2 Å². The molecule has 1 saturated heterocycles. The van der Waals surface area contributed by atoms with Gasteiger partial charge in [0.1, 0.15) is 11.4 Å². The number of amides is 1. The molecule has 2 heterocycles. The van der Waals surface area contributed by atoms with Crippen molar-refractivity contribution in [2.75, 3.05) is 13.2 Å². The van der Waals surface area contributed by atoms with E-state index in [1.54, 1.807) is 6.07 Å². The largest absolute Gasteiger partial charge is 0.376 e. The molecule has 0 aromatic heterocycles. The lowest BCUT2D eigenvalue weighted by Gasteiger charge is -2.45. The van der Waals surface area contributed by atoms with Crippen molar-refractivity contribution in [1.82, 2.24) is 5.32 Å². The molecule has 78 valence electrons. The minimum absolute atomic E-state index is 0.0589. The van der Waals surface area contributed by atoms with Crippen LogP contribution < -0.4 is 5.32 Å². The van der Waals surface area contributed by atoms with Crippen molar-refractivity contribution in [2.45, 2.75) is 12.0 Å². The zero-order valence-corrected chi connectivity index (χ0v) is 8.05. The number of hydrogen-bond donors (Lipinski definition) is 1. The molecule has 0 unspecified atom stereocenters. The van der Waals surface area contributed by atoms with Crippen LogP contribution in [0.1, 0.15) is 11.1 Å². The van der Waals surface area contributed by atoms with Crippen LogP contribution in [0.3, 0.4) is 0 Å². The van der Waals surface area contributed by atoms with E-state index in [2.05, 4.69) is 5.32 Å². The molecule has 0 radical (unpaired) electrons. The first kappa shape index (κ1) is 8.85. The Hall–Kier alpha value is -1.42. The molecule has 0 bridgehead atoms. The van der Waals surface area contributed by atoms with Gasteiger partial charge < -0.3 is 10.1 Å². The fourth-order valence-electron chi connectivity index (χ4n) is 2.26. The summed E-state index contributed by atoms with van der Waals surface area (Å²) in [5, 5.41) is 2.92. The van der Waals surface area contributed by atoms with Crippen LogP contribution in [0, 0.1) is 5.82 Å². The Bertz CT molecular complexity index is 440. The summed E-state index contributed by atoms with van der Waals surface area (Å²) >= 11 is 0. The lowest BCUT2D eigenvalue weighted by molar-refractivity contribution is -0.135. The molecule has 2 aliphatic rings. The molecule has 1 aromatic carbocycles. The first-order chi connectivity index (χ1) is 7.20. The fraction of sp³-hybridized carbons (Fsp3) is 0.364. The maximum Gasteiger partial charge on any atom is 0.225 e. The average Bonchev–Trinajstić information content (AvgIpc) is 2.13. The Balaban J connectivity index is 2.14. The zero-order chi connectivity index (χ0) is 10.5. The maximum atomic E-state index is 13.0. The number of nitrogens with one attached hydrogen (secondary N) is 1. The second-order valence-electron chi connectivity index (χ2n) is 4.10. The van der Waals surface area contributed by atoms with Gasteiger partial charge in [0.05, 0.1) is 19.6 Å². The van der Waals surface area contributed by atoms with E-state index in [-0.39, 0.29) is 18.1 Å². The van der Waals surface area contributed by atoms with Gasteiger partial charge in [0.15, 0.2) is 0 Å². The smallest absolute Gasteiger partial charge is 0.225 e. The number of rotatable bonds is 0. The molecule has 1 fully saturated rings. The summed E-state index contributed by atoms with van der Waals surface area (Å²) in [5.74, 6) is -0.352. The second kappa shape index (κ2) is 2.79. The lowest BCUT2D eigenvalue weighted by atomic mass is 9.80. The maximum absolute atomic E-state index is 13.0. The third kappa shape index (κ3) is 1.18. The Morgan fingerprint density at radius 3 is 2.87 bits per heavy atom. The molecule has 0 atom stereocenters. The lowest BCUT2D eigenvalue weighted by Crippen LogP contribution is -2.62. The van der Waals surface area contributed by atoms with Crippen LogP contribution in [0.25, 0.3) is 0 Å². The minimum Gasteiger partial charge on any atom is -0.376 e. The van der Waals surface area contributed by atoms with Gasteiger partial charge in [0, 0.05) is 0 Å². The van der Waals surface area contributed by atoms with Crippen LogP contribution in [0.2, 0.25) is 0 Å². The Morgan fingerprint density at radius 1 is 1.40 bits per heavy atom. The van der Waals surface area contributed by atoms with E-state index in [0.717, 1.165) is 11.1 Å². The molecule has 0 saturated carbocycles. The molecule has 4 heteroatoms. The SMILES string of the molecule is O=C1Cc2cc(F)ccc2C2(COC2)N1. The van der Waals surface area contributed by atoms with Crippen molar-refractivity contribution < 1.29 is 13.9 Å². The van der Waals surface area contributed by atoms with Crippen molar-refractivity contribution in [1.29, 1.82) is 0 Å². The molecule has 15 heavy (non-hydrogen) atoms. The van der Waals surface area contributed by atoms with Crippen LogP contribution >= 0.6 is 0 Å². The Labute approximate surface area is 86.2 Å². The number of ether oxygens (including phenoxy) is 1. The van der Waals surface area contributed by atoms with E-state index < -0.39 is 5.54 Å². The van der Waals surface area contributed by atoms with E-state index in [0.29, 0.717) is 13.2 Å². The molecular formula is C11H10FNO2. The number of hydrogen-bond acceptors (Lipinski definition) is 2. The summed E-state index contributed by atoms with van der Waals surface area (Å²) in [5.41, 5.74) is 1.38. The minimum atomic E-state index is -0.391. The normalized spacial score (nSPS) is 21.8. The number of benzene rings is 1. The molecule has 1 spiro atoms. The third-order valence-electron chi connectivity index (χ3n) is 3.01. The van der Waals surface area contributed by atoms with E-state index in [1.165, 1.54) is 12.1 Å². The topological polar surface area (TPSA) is 38.3 Å². The number of fused-ring (bicyclic) bond motifs is 2. The summed E-state index contributed by atoms with van der Waals surface area (Å²) in [7, 11) is 0. The van der Waals surface area contributed by atoms with Crippen molar-refractivity contribution in [3.63, 3.8) is 0 Å². The summed E-state index contributed by atoms with van der Waals surface area (Å²) in [6.45, 7) is 0.967. The van der Waals surface area contributed by atoms with Crippen LogP contribution in [-0.4, -0.2) is 19.1 Å². The van der Waals surface area contributed by atoms with Crippen LogP contribution in [0.4, 0.5) is 4.39 Å². The monoisotopic (exact) mass is 207 g/mol. The highest BCUT2D eigenvalue weighted by atomic mass is 19.1. The van der Waals surface area contributed by atoms with Gasteiger partial charge in [-0.15, -0.1) is 0 Å². The van der Waals surface area contributed by atoms with E-state index >= 15 is 0 Å². The summed E-state index contributed by atoms with van der Waals surface area (Å²) in [6, 6.07) is 4.61. The van der Waals surface area contributed by atoms with Gasteiger partial charge in [0.2, 0.25) is 5.91 Å². The van der Waals surface area contributed by atoms with E-state index in [9.17, 15) is 9.18 Å². The zero-order valence-electron chi connectivity index (χ0n) is 8.05. The highest BCUT2D eigenvalue weighted by molar-refractivity contribution is 5.82. The van der Waals surface area contributed by atoms with Crippen LogP contribution in [-0.2, 0) is 21.5 Å². The van der Waals surface area contributed by atoms with E-state index in [1.807, 2.05) is 0 Å². The van der Waals surface area contributed by atoms with Gasteiger partial charge in [-0.3, -0.25) is 4.79 Å². The van der Waals surface area contributed by atoms with Crippen molar-refractivity contribution >= 4 is 5.91 Å². The van der Waals surface area contributed by atoms with E-state index in [4.69, 9.17) is 4.74 Å². The standard InChI is InChI=1S/C11H10FNO2/c12-8-1-2-9-7(3-8)4-10(14)13-11(9)5-15-6-11/h1-3H,4-6H2,(H,13,14). The van der Waals surface area contributed by atoms with Gasteiger partial charge in [0.25, 0.3) is 0 Å². The molecular weight excluding hydrogens is 197 g/mol.